The molecule has 108 valence electrons. The second kappa shape index (κ2) is 8.60. The number of hydrogen-bond acceptors (Lipinski definition) is 0. The topological polar surface area (TPSA) is 0 Å². The van der Waals surface area contributed by atoms with Crippen molar-refractivity contribution in [3.05, 3.63) is 68.8 Å². The van der Waals surface area contributed by atoms with Crippen molar-refractivity contribution >= 4 is 23.1 Å². The van der Waals surface area contributed by atoms with E-state index in [0.29, 0.717) is 0 Å². The molecule has 0 saturated carbocycles. The summed E-state index contributed by atoms with van der Waals surface area (Å²) < 4.78 is 0. The molecular formula is C20H26Mg. The van der Waals surface area contributed by atoms with Gasteiger partial charge in [-0.25, -0.2) is 0 Å². The first-order chi connectivity index (χ1) is 9.22. The van der Waals surface area contributed by atoms with Crippen LogP contribution in [0.15, 0.2) is 12.1 Å². The molecule has 0 aliphatic rings. The van der Waals surface area contributed by atoms with Crippen LogP contribution in [0.2, 0.25) is 0 Å². The summed E-state index contributed by atoms with van der Waals surface area (Å²) in [6.45, 7) is 16.9. The van der Waals surface area contributed by atoms with Crippen LogP contribution in [0.25, 0.3) is 0 Å². The number of aryl methyl sites for hydroxylation is 6. The van der Waals surface area contributed by atoms with Crippen molar-refractivity contribution in [3.63, 3.8) is 0 Å². The molecule has 0 fully saturated rings. The molecule has 0 nitrogen and oxygen atoms in total. The van der Waals surface area contributed by atoms with Crippen molar-refractivity contribution in [2.24, 2.45) is 0 Å². The van der Waals surface area contributed by atoms with Gasteiger partial charge in [-0.3, -0.25) is 0 Å². The van der Waals surface area contributed by atoms with Crippen LogP contribution in [0, 0.1) is 67.5 Å². The summed E-state index contributed by atoms with van der Waals surface area (Å²) in [5.74, 6) is 0. The van der Waals surface area contributed by atoms with Gasteiger partial charge >= 0.3 is 23.1 Å². The van der Waals surface area contributed by atoms with Crippen molar-refractivity contribution in [3.8, 4) is 0 Å². The summed E-state index contributed by atoms with van der Waals surface area (Å²) in [5, 5.41) is 0. The molecule has 0 aliphatic carbocycles. The molecule has 0 spiro atoms. The van der Waals surface area contributed by atoms with E-state index in [9.17, 15) is 0 Å². The Hall–Kier alpha value is -0.794. The Bertz CT molecular complexity index is 508. The zero-order valence-corrected chi connectivity index (χ0v) is 16.3. The van der Waals surface area contributed by atoms with Crippen LogP contribution in [0.3, 0.4) is 0 Å². The third kappa shape index (κ3) is 5.84. The maximum Gasteiger partial charge on any atom is 2.00 e. The van der Waals surface area contributed by atoms with Gasteiger partial charge in [-0.05, 0) is 0 Å². The first-order valence-corrected chi connectivity index (χ1v) is 7.15. The Morgan fingerprint density at radius 3 is 1.10 bits per heavy atom. The van der Waals surface area contributed by atoms with Crippen molar-refractivity contribution in [1.29, 1.82) is 0 Å². The van der Waals surface area contributed by atoms with Crippen LogP contribution in [-0.4, -0.2) is 23.1 Å². The largest absolute Gasteiger partial charge is 2.00 e. The SMILES string of the molecule is Cc1[c-]c(C)c(C)c(C)c1.Cc1[c-]c(C)c(C)c(C)c1.[Mg+2]. The Balaban J connectivity index is 0.000000364. The number of rotatable bonds is 0. The van der Waals surface area contributed by atoms with Gasteiger partial charge in [0.2, 0.25) is 0 Å². The van der Waals surface area contributed by atoms with E-state index in [4.69, 9.17) is 0 Å². The zero-order valence-electron chi connectivity index (χ0n) is 14.9. The van der Waals surface area contributed by atoms with Gasteiger partial charge in [0.1, 0.15) is 0 Å². The molecule has 2 aromatic carbocycles. The van der Waals surface area contributed by atoms with Crippen LogP contribution in [-0.2, 0) is 0 Å². The maximum atomic E-state index is 3.28. The minimum Gasteiger partial charge on any atom is -0.177 e. The molecule has 0 radical (unpaired) electrons. The zero-order chi connectivity index (χ0) is 15.4. The van der Waals surface area contributed by atoms with Crippen LogP contribution in [0.4, 0.5) is 0 Å². The monoisotopic (exact) mass is 290 g/mol. The fourth-order valence-electron chi connectivity index (χ4n) is 2.31. The van der Waals surface area contributed by atoms with E-state index in [1.165, 1.54) is 44.5 Å². The minimum absolute atomic E-state index is 0. The number of hydrogen-bond donors (Lipinski definition) is 0. The van der Waals surface area contributed by atoms with Crippen molar-refractivity contribution < 1.29 is 0 Å². The summed E-state index contributed by atoms with van der Waals surface area (Å²) in [6.07, 6.45) is 0. The summed E-state index contributed by atoms with van der Waals surface area (Å²) in [7, 11) is 0. The minimum atomic E-state index is 0. The van der Waals surface area contributed by atoms with Gasteiger partial charge in [0.05, 0.1) is 0 Å². The third-order valence-corrected chi connectivity index (χ3v) is 3.94. The average Bonchev–Trinajstić information content (AvgIpc) is 2.33. The molecule has 1 heteroatoms. The molecular weight excluding hydrogens is 265 g/mol. The second-order valence-corrected chi connectivity index (χ2v) is 5.77. The Morgan fingerprint density at radius 1 is 0.571 bits per heavy atom. The standard InChI is InChI=1S/2C10H13.Mg/c2*1-7-5-8(2)10(4)9(3)6-7;/h2*5H,1-4H3;/q2*-1;+2. The van der Waals surface area contributed by atoms with Gasteiger partial charge in [0.15, 0.2) is 0 Å². The molecule has 0 bridgehead atoms. The summed E-state index contributed by atoms with van der Waals surface area (Å²) in [6, 6.07) is 10.9. The summed E-state index contributed by atoms with van der Waals surface area (Å²) in [5.41, 5.74) is 10.5. The van der Waals surface area contributed by atoms with Crippen LogP contribution in [0.5, 0.6) is 0 Å². The average molecular weight is 291 g/mol. The smallest absolute Gasteiger partial charge is 0.177 e. The molecule has 0 heterocycles. The van der Waals surface area contributed by atoms with Crippen LogP contribution in [0.1, 0.15) is 44.5 Å². The van der Waals surface area contributed by atoms with Gasteiger partial charge in [0, 0.05) is 0 Å². The van der Waals surface area contributed by atoms with E-state index < -0.39 is 0 Å². The molecule has 0 atom stereocenters. The Labute approximate surface area is 147 Å². The quantitative estimate of drug-likeness (QED) is 0.470. The fourth-order valence-corrected chi connectivity index (χ4v) is 2.31. The van der Waals surface area contributed by atoms with E-state index >= 15 is 0 Å². The normalized spacial score (nSPS) is 9.52. The van der Waals surface area contributed by atoms with Crippen molar-refractivity contribution in [2.45, 2.75) is 55.4 Å². The molecule has 0 unspecified atom stereocenters. The van der Waals surface area contributed by atoms with E-state index in [2.05, 4.69) is 79.7 Å². The van der Waals surface area contributed by atoms with Gasteiger partial charge in [-0.15, -0.1) is 0 Å². The molecule has 0 amide bonds. The third-order valence-electron chi connectivity index (χ3n) is 3.94. The first-order valence-electron chi connectivity index (χ1n) is 7.15. The molecule has 2 rings (SSSR count). The van der Waals surface area contributed by atoms with Gasteiger partial charge in [-0.2, -0.15) is 68.8 Å². The fraction of sp³-hybridized carbons (Fsp3) is 0.400. The molecule has 2 aromatic rings. The predicted molar refractivity (Wildman–Crippen MR) is 94.2 cm³/mol. The first kappa shape index (κ1) is 20.2. The molecule has 0 aliphatic heterocycles. The number of benzene rings is 2. The van der Waals surface area contributed by atoms with E-state index in [1.807, 2.05) is 0 Å². The van der Waals surface area contributed by atoms with E-state index in [1.54, 1.807) is 0 Å². The maximum absolute atomic E-state index is 3.28. The Kier molecular flexibility index (Phi) is 8.28. The van der Waals surface area contributed by atoms with Crippen molar-refractivity contribution in [2.75, 3.05) is 0 Å². The second-order valence-electron chi connectivity index (χ2n) is 5.77. The summed E-state index contributed by atoms with van der Waals surface area (Å²) in [4.78, 5) is 0. The molecule has 0 N–H and O–H groups in total. The van der Waals surface area contributed by atoms with Crippen LogP contribution >= 0.6 is 0 Å². The van der Waals surface area contributed by atoms with E-state index in [-0.39, 0.29) is 23.1 Å². The van der Waals surface area contributed by atoms with Crippen LogP contribution < -0.4 is 0 Å². The van der Waals surface area contributed by atoms with Gasteiger partial charge < -0.3 is 0 Å². The van der Waals surface area contributed by atoms with Crippen molar-refractivity contribution in [1.82, 2.24) is 0 Å². The van der Waals surface area contributed by atoms with Gasteiger partial charge in [-0.1, -0.05) is 55.4 Å². The molecule has 21 heavy (non-hydrogen) atoms. The molecule has 0 saturated heterocycles. The predicted octanol–water partition coefficient (Wildman–Crippen LogP) is 5.06. The van der Waals surface area contributed by atoms with Gasteiger partial charge in [0.25, 0.3) is 0 Å². The Morgan fingerprint density at radius 2 is 0.857 bits per heavy atom. The summed E-state index contributed by atoms with van der Waals surface area (Å²) >= 11 is 0. The van der Waals surface area contributed by atoms with E-state index in [0.717, 1.165) is 0 Å². The molecule has 0 aromatic heterocycles.